The first-order valence-electron chi connectivity index (χ1n) is 4.32. The third-order valence-electron chi connectivity index (χ3n) is 1.39. The molecule has 0 bridgehead atoms. The fraction of sp³-hybridized carbons (Fsp3) is 1.00. The van der Waals surface area contributed by atoms with E-state index in [-0.39, 0.29) is 0 Å². The van der Waals surface area contributed by atoms with E-state index < -0.39 is 5.72 Å². The van der Waals surface area contributed by atoms with Gasteiger partial charge >= 0.3 is 0 Å². The smallest absolute Gasteiger partial charge is 0.107 e. The first-order valence-corrected chi connectivity index (χ1v) is 4.32. The summed E-state index contributed by atoms with van der Waals surface area (Å²) in [5.41, 5.74) is 3.91. The molecule has 0 aromatic heterocycles. The lowest BCUT2D eigenvalue weighted by molar-refractivity contribution is 0.0881. The molecule has 11 heavy (non-hydrogen) atoms. The minimum absolute atomic E-state index is 0.935. The quantitative estimate of drug-likeness (QED) is 0.609. The zero-order chi connectivity index (χ0) is 9.49. The fourth-order valence-electron chi connectivity index (χ4n) is 0.289. The molecule has 0 spiro atoms. The van der Waals surface area contributed by atoms with Gasteiger partial charge in [-0.25, -0.2) is 0 Å². The first kappa shape index (κ1) is 13.5. The summed E-state index contributed by atoms with van der Waals surface area (Å²) < 4.78 is 0. The summed E-state index contributed by atoms with van der Waals surface area (Å²) in [7, 11) is 0. The van der Waals surface area contributed by atoms with Crippen LogP contribution in [-0.2, 0) is 0 Å². The Morgan fingerprint density at radius 2 is 1.45 bits per heavy atom. The van der Waals surface area contributed by atoms with Gasteiger partial charge in [-0.05, 0) is 19.8 Å². The molecular weight excluding hydrogens is 138 g/mol. The molecule has 0 aliphatic carbocycles. The highest BCUT2D eigenvalue weighted by Gasteiger charge is 1.98. The Morgan fingerprint density at radius 3 is 1.45 bits per heavy atom. The predicted molar refractivity (Wildman–Crippen MR) is 50.2 cm³/mol. The third kappa shape index (κ3) is 40.5. The number of rotatable bonds is 2. The summed E-state index contributed by atoms with van der Waals surface area (Å²) in [5.74, 6) is 0.935. The summed E-state index contributed by atoms with van der Waals surface area (Å²) in [6.07, 6.45) is 2.66. The van der Waals surface area contributed by atoms with Crippen molar-refractivity contribution in [2.45, 2.75) is 53.2 Å². The van der Waals surface area contributed by atoms with Gasteiger partial charge in [0.2, 0.25) is 0 Å². The molecule has 0 amide bonds. The van der Waals surface area contributed by atoms with E-state index in [0.717, 1.165) is 5.92 Å². The number of hydrogen-bond acceptors (Lipinski definition) is 2. The van der Waals surface area contributed by atoms with Crippen LogP contribution >= 0.6 is 0 Å². The second-order valence-corrected chi connectivity index (χ2v) is 3.58. The van der Waals surface area contributed by atoms with Crippen LogP contribution in [-0.4, -0.2) is 10.8 Å². The Kier molecular flexibility index (Phi) is 8.13. The molecule has 0 atom stereocenters. The number of aliphatic hydroxyl groups is 1. The van der Waals surface area contributed by atoms with Crippen molar-refractivity contribution < 1.29 is 5.11 Å². The molecule has 0 aliphatic heterocycles. The second-order valence-electron chi connectivity index (χ2n) is 3.58. The van der Waals surface area contributed by atoms with E-state index in [1.807, 2.05) is 0 Å². The van der Waals surface area contributed by atoms with Gasteiger partial charge in [0.25, 0.3) is 0 Å². The van der Waals surface area contributed by atoms with Gasteiger partial charge in [0.05, 0.1) is 0 Å². The minimum Gasteiger partial charge on any atom is -0.377 e. The average Bonchev–Trinajstić information content (AvgIpc) is 1.83. The molecule has 0 radical (unpaired) electrons. The van der Waals surface area contributed by atoms with Crippen LogP contribution in [0, 0.1) is 5.92 Å². The van der Waals surface area contributed by atoms with Gasteiger partial charge in [-0.2, -0.15) is 0 Å². The summed E-state index contributed by atoms with van der Waals surface area (Å²) in [5, 5.41) is 8.30. The van der Waals surface area contributed by atoms with Crippen LogP contribution in [0.4, 0.5) is 0 Å². The molecule has 0 saturated heterocycles. The molecule has 0 saturated carbocycles. The van der Waals surface area contributed by atoms with Gasteiger partial charge in [0, 0.05) is 0 Å². The van der Waals surface area contributed by atoms with E-state index >= 15 is 0 Å². The van der Waals surface area contributed by atoms with Crippen molar-refractivity contribution in [1.82, 2.24) is 0 Å². The minimum atomic E-state index is -1.00. The summed E-state index contributed by atoms with van der Waals surface area (Å²) in [6.45, 7) is 9.78. The van der Waals surface area contributed by atoms with Gasteiger partial charge in [-0.3, -0.25) is 0 Å². The predicted octanol–water partition coefficient (Wildman–Crippen LogP) is 2.12. The Hall–Kier alpha value is -0.0800. The Morgan fingerprint density at radius 1 is 1.27 bits per heavy atom. The highest BCUT2D eigenvalue weighted by Crippen LogP contribution is 2.02. The van der Waals surface area contributed by atoms with E-state index in [1.165, 1.54) is 26.7 Å². The fourth-order valence-corrected chi connectivity index (χ4v) is 0.289. The molecule has 0 fully saturated rings. The highest BCUT2D eigenvalue weighted by atomic mass is 16.3. The largest absolute Gasteiger partial charge is 0.377 e. The number of hydrogen-bond donors (Lipinski definition) is 2. The van der Waals surface area contributed by atoms with Gasteiger partial charge < -0.3 is 10.8 Å². The van der Waals surface area contributed by atoms with Gasteiger partial charge in [-0.1, -0.05) is 33.6 Å². The zero-order valence-electron chi connectivity index (χ0n) is 8.52. The topological polar surface area (TPSA) is 46.2 Å². The SMILES string of the molecule is CC(C)(N)O.CCC(C)CC. The standard InChI is InChI=1S/C6H14.C3H9NO/c1-4-6(3)5-2;1-3(2,4)5/h6H,4-5H2,1-3H3;5H,4H2,1-2H3. The molecule has 2 nitrogen and oxygen atoms in total. The Bertz CT molecular complexity index is 66.1. The van der Waals surface area contributed by atoms with Crippen molar-refractivity contribution in [2.24, 2.45) is 11.7 Å². The third-order valence-corrected chi connectivity index (χ3v) is 1.39. The molecule has 0 aromatic rings. The highest BCUT2D eigenvalue weighted by molar-refractivity contribution is 4.47. The number of nitrogens with two attached hydrogens (primary N) is 1. The van der Waals surface area contributed by atoms with E-state index in [9.17, 15) is 0 Å². The van der Waals surface area contributed by atoms with Crippen LogP contribution in [0.1, 0.15) is 47.5 Å². The van der Waals surface area contributed by atoms with Crippen molar-refractivity contribution in [2.75, 3.05) is 0 Å². The molecular formula is C9H23NO. The molecule has 70 valence electrons. The monoisotopic (exact) mass is 161 g/mol. The first-order chi connectivity index (χ1) is 4.81. The maximum atomic E-state index is 8.30. The summed E-state index contributed by atoms with van der Waals surface area (Å²) in [6, 6.07) is 0. The molecule has 0 heterocycles. The summed E-state index contributed by atoms with van der Waals surface area (Å²) in [4.78, 5) is 0. The lowest BCUT2D eigenvalue weighted by atomic mass is 10.1. The van der Waals surface area contributed by atoms with Crippen LogP contribution in [0.3, 0.4) is 0 Å². The maximum absolute atomic E-state index is 8.30. The Balaban J connectivity index is 0. The van der Waals surface area contributed by atoms with Crippen LogP contribution in [0.5, 0.6) is 0 Å². The van der Waals surface area contributed by atoms with Gasteiger partial charge in [-0.15, -0.1) is 0 Å². The van der Waals surface area contributed by atoms with Gasteiger partial charge in [0.1, 0.15) is 5.72 Å². The average molecular weight is 161 g/mol. The van der Waals surface area contributed by atoms with Crippen molar-refractivity contribution in [3.8, 4) is 0 Å². The molecule has 0 rings (SSSR count). The lowest BCUT2D eigenvalue weighted by Crippen LogP contribution is -2.30. The second kappa shape index (κ2) is 6.62. The Labute approximate surface area is 70.8 Å². The molecule has 0 aliphatic rings. The normalized spacial score (nSPS) is 10.9. The van der Waals surface area contributed by atoms with Gasteiger partial charge in [0.15, 0.2) is 0 Å². The molecule has 0 unspecified atom stereocenters. The van der Waals surface area contributed by atoms with Crippen molar-refractivity contribution in [3.05, 3.63) is 0 Å². The van der Waals surface area contributed by atoms with E-state index in [4.69, 9.17) is 10.8 Å². The van der Waals surface area contributed by atoms with Crippen LogP contribution < -0.4 is 5.73 Å². The molecule has 2 heteroatoms. The molecule has 3 N–H and O–H groups in total. The van der Waals surface area contributed by atoms with Crippen LogP contribution in [0.25, 0.3) is 0 Å². The summed E-state index contributed by atoms with van der Waals surface area (Å²) >= 11 is 0. The zero-order valence-corrected chi connectivity index (χ0v) is 8.52. The van der Waals surface area contributed by atoms with Crippen LogP contribution in [0.15, 0.2) is 0 Å². The van der Waals surface area contributed by atoms with E-state index in [1.54, 1.807) is 0 Å². The lowest BCUT2D eigenvalue weighted by Gasteiger charge is -2.05. The maximum Gasteiger partial charge on any atom is 0.107 e. The van der Waals surface area contributed by atoms with E-state index in [2.05, 4.69) is 20.8 Å². The van der Waals surface area contributed by atoms with Crippen LogP contribution in [0.2, 0.25) is 0 Å². The molecule has 0 aromatic carbocycles. The van der Waals surface area contributed by atoms with Crippen molar-refractivity contribution >= 4 is 0 Å². The van der Waals surface area contributed by atoms with Crippen molar-refractivity contribution in [1.29, 1.82) is 0 Å². The van der Waals surface area contributed by atoms with E-state index in [0.29, 0.717) is 0 Å². The van der Waals surface area contributed by atoms with Crippen molar-refractivity contribution in [3.63, 3.8) is 0 Å².